The van der Waals surface area contributed by atoms with Gasteiger partial charge >= 0.3 is 0 Å². The van der Waals surface area contributed by atoms with Crippen molar-refractivity contribution in [3.05, 3.63) is 84.4 Å². The molecule has 5 aliphatic rings. The quantitative estimate of drug-likeness (QED) is 0.156. The Bertz CT molecular complexity index is 3420. The minimum atomic E-state index is -0.739. The van der Waals surface area contributed by atoms with E-state index in [1.165, 1.54) is 0 Å². The number of anilines is 6. The molecule has 0 radical (unpaired) electrons. The average molecular weight is 1050 g/mol. The highest BCUT2D eigenvalue weighted by atomic mass is 16.5. The molecule has 0 unspecified atom stereocenters. The maximum Gasteiger partial charge on any atom is 0.300 e. The fraction of sp³-hybridized carbons (Fsp3) is 0.434. The Balaban J connectivity index is 0.000000155. The molecule has 8 aromatic heterocycles. The summed E-state index contributed by atoms with van der Waals surface area (Å²) in [6, 6.07) is 15.4. The second kappa shape index (κ2) is 20.8. The number of carbonyl (C=O) groups excluding carboxylic acids is 2. The predicted molar refractivity (Wildman–Crippen MR) is 285 cm³/mol. The summed E-state index contributed by atoms with van der Waals surface area (Å²) in [5, 5.41) is 24.8. The van der Waals surface area contributed by atoms with Crippen LogP contribution in [0, 0.1) is 0 Å². The second-order valence-electron chi connectivity index (χ2n) is 20.3. The van der Waals surface area contributed by atoms with Crippen molar-refractivity contribution in [1.82, 2.24) is 49.5 Å². The Kier molecular flexibility index (Phi) is 13.5. The first-order chi connectivity index (χ1) is 37.4. The molecule has 2 amide bonds. The standard InChI is InChI=1S/C27H30N8O4.C26H30N8O4/c1-33-17-18(16-28-33)20-3-2-4-22(29-20)30-25(36)19-15-21-23(32-26(39-21)35-10-13-37-14-11-35)31-24(19)34-8-5-27(6-9-34)7-12-38-27;1-26(36)6-8-33(9-7-26)23-18(14-20-22(30-23)31-25(38-20)34-10-12-37-13-11-34)24(35)29-21-5-3-4-19(28-21)17-15-27-32(2)16-17/h2-4,15-17H,5-14H2,1H3,(H,29,30,36);3-5,14-16,36H,6-13H2,1-2H3,(H,28,29,35). The van der Waals surface area contributed by atoms with E-state index in [-0.39, 0.29) is 17.4 Å². The molecule has 0 atom stereocenters. The zero-order valence-electron chi connectivity index (χ0n) is 43.2. The molecule has 77 heavy (non-hydrogen) atoms. The van der Waals surface area contributed by atoms with Gasteiger partial charge in [0.15, 0.2) is 11.2 Å². The number of rotatable bonds is 10. The Morgan fingerprint density at radius 1 is 0.558 bits per heavy atom. The molecule has 5 saturated heterocycles. The molecule has 0 aliphatic carbocycles. The van der Waals surface area contributed by atoms with E-state index in [0.29, 0.717) is 153 Å². The highest BCUT2D eigenvalue weighted by molar-refractivity contribution is 6.09. The lowest BCUT2D eigenvalue weighted by Gasteiger charge is -2.48. The summed E-state index contributed by atoms with van der Waals surface area (Å²) in [7, 11) is 3.70. The maximum absolute atomic E-state index is 13.7. The van der Waals surface area contributed by atoms with Crippen LogP contribution in [0.25, 0.3) is 45.0 Å². The number of hydrogen-bond acceptors (Lipinski definition) is 20. The molecular formula is C53H60N16O8. The number of aryl methyl sites for hydroxylation is 2. The van der Waals surface area contributed by atoms with Gasteiger partial charge in [-0.15, -0.1) is 0 Å². The molecule has 0 saturated carbocycles. The number of fused-ring (bicyclic) bond motifs is 2. The van der Waals surface area contributed by atoms with Crippen molar-refractivity contribution in [1.29, 1.82) is 0 Å². The Morgan fingerprint density at radius 2 is 1.00 bits per heavy atom. The molecule has 1 spiro atoms. The van der Waals surface area contributed by atoms with Crippen LogP contribution in [-0.4, -0.2) is 163 Å². The van der Waals surface area contributed by atoms with Crippen LogP contribution in [0.5, 0.6) is 0 Å². The highest BCUT2D eigenvalue weighted by Gasteiger charge is 2.42. The van der Waals surface area contributed by atoms with Gasteiger partial charge in [0.1, 0.15) is 23.3 Å². The van der Waals surface area contributed by atoms with Crippen LogP contribution >= 0.6 is 0 Å². The third kappa shape index (κ3) is 10.7. The number of oxazole rings is 2. The molecule has 24 heteroatoms. The minimum absolute atomic E-state index is 0.0168. The molecular weight excluding hydrogens is 989 g/mol. The predicted octanol–water partition coefficient (Wildman–Crippen LogP) is 5.32. The van der Waals surface area contributed by atoms with E-state index >= 15 is 0 Å². The highest BCUT2D eigenvalue weighted by Crippen LogP contribution is 2.39. The number of morpholine rings is 2. The number of hydrogen-bond donors (Lipinski definition) is 3. The molecule has 400 valence electrons. The van der Waals surface area contributed by atoms with Gasteiger partial charge in [0, 0.05) is 102 Å². The van der Waals surface area contributed by atoms with E-state index in [1.807, 2.05) is 72.4 Å². The van der Waals surface area contributed by atoms with Crippen LogP contribution in [0.15, 0.2) is 82.2 Å². The van der Waals surface area contributed by atoms with E-state index in [4.69, 9.17) is 33.0 Å². The smallest absolute Gasteiger partial charge is 0.300 e. The largest absolute Gasteiger partial charge is 0.422 e. The average Bonchev–Trinajstić information content (AvgIpc) is 4.30. The SMILES string of the molecule is Cn1cc(-c2cccc(NC(=O)c3cc4oc(N5CCOCC5)nc4nc3N3CCC(C)(O)CC3)n2)cn1.Cn1cc(-c2cccc(NC(=O)c3cc4oc(N5CCOCC5)nc4nc3N3CCC4(CCO4)CC3)n2)cn1. The second-order valence-corrected chi connectivity index (χ2v) is 20.3. The summed E-state index contributed by atoms with van der Waals surface area (Å²) in [6.45, 7) is 10.5. The van der Waals surface area contributed by atoms with Crippen molar-refractivity contribution in [3.8, 4) is 22.5 Å². The summed E-state index contributed by atoms with van der Waals surface area (Å²) < 4.78 is 32.3. The van der Waals surface area contributed by atoms with Gasteiger partial charge in [-0.1, -0.05) is 12.1 Å². The third-order valence-electron chi connectivity index (χ3n) is 14.8. The third-order valence-corrected chi connectivity index (χ3v) is 14.8. The van der Waals surface area contributed by atoms with Crippen LogP contribution in [-0.2, 0) is 28.3 Å². The normalized spacial score (nSPS) is 18.3. The number of nitrogens with one attached hydrogen (secondary N) is 2. The fourth-order valence-electron chi connectivity index (χ4n) is 10.2. The van der Waals surface area contributed by atoms with E-state index in [2.05, 4.69) is 45.7 Å². The van der Waals surface area contributed by atoms with E-state index in [9.17, 15) is 14.7 Å². The van der Waals surface area contributed by atoms with E-state index < -0.39 is 5.60 Å². The zero-order chi connectivity index (χ0) is 52.7. The molecule has 0 aromatic carbocycles. The van der Waals surface area contributed by atoms with Crippen LogP contribution in [0.4, 0.5) is 35.3 Å². The number of nitrogens with zero attached hydrogens (tertiary/aromatic N) is 14. The summed E-state index contributed by atoms with van der Waals surface area (Å²) in [5.74, 6) is 1.30. The van der Waals surface area contributed by atoms with Crippen LogP contribution < -0.4 is 30.2 Å². The van der Waals surface area contributed by atoms with Crippen molar-refractivity contribution in [2.45, 2.75) is 50.2 Å². The first-order valence-electron chi connectivity index (χ1n) is 26.1. The van der Waals surface area contributed by atoms with Crippen molar-refractivity contribution in [2.75, 3.05) is 116 Å². The zero-order valence-corrected chi connectivity index (χ0v) is 43.2. The number of aliphatic hydroxyl groups is 1. The van der Waals surface area contributed by atoms with Crippen LogP contribution in [0.2, 0.25) is 0 Å². The minimum Gasteiger partial charge on any atom is -0.422 e. The van der Waals surface area contributed by atoms with E-state index in [0.717, 1.165) is 55.8 Å². The van der Waals surface area contributed by atoms with E-state index in [1.54, 1.807) is 46.0 Å². The van der Waals surface area contributed by atoms with Crippen molar-refractivity contribution in [3.63, 3.8) is 0 Å². The molecule has 5 aliphatic heterocycles. The molecule has 24 nitrogen and oxygen atoms in total. The summed E-state index contributed by atoms with van der Waals surface area (Å²) in [5.41, 5.74) is 5.00. The van der Waals surface area contributed by atoms with Crippen molar-refractivity contribution < 1.29 is 37.7 Å². The van der Waals surface area contributed by atoms with Crippen LogP contribution in [0.1, 0.15) is 59.7 Å². The topological polar surface area (TPSA) is 258 Å². The Hall–Kier alpha value is -8.06. The number of ether oxygens (including phenoxy) is 3. The summed E-state index contributed by atoms with van der Waals surface area (Å²) >= 11 is 0. The van der Waals surface area contributed by atoms with Gasteiger partial charge in [0.2, 0.25) is 11.3 Å². The van der Waals surface area contributed by atoms with Gasteiger partial charge in [-0.05, 0) is 63.3 Å². The van der Waals surface area contributed by atoms with Crippen LogP contribution in [0.3, 0.4) is 0 Å². The first kappa shape index (κ1) is 49.8. The lowest BCUT2D eigenvalue weighted by atomic mass is 9.84. The fourth-order valence-corrected chi connectivity index (χ4v) is 10.2. The van der Waals surface area contributed by atoms with Gasteiger partial charge in [0.25, 0.3) is 23.8 Å². The van der Waals surface area contributed by atoms with Crippen molar-refractivity contribution >= 4 is 69.6 Å². The number of amides is 2. The molecule has 13 rings (SSSR count). The maximum atomic E-state index is 13.7. The lowest BCUT2D eigenvalue weighted by molar-refractivity contribution is -0.158. The Labute approximate surface area is 442 Å². The van der Waals surface area contributed by atoms with Gasteiger partial charge in [0.05, 0.1) is 79.1 Å². The molecule has 3 N–H and O–H groups in total. The van der Waals surface area contributed by atoms with Gasteiger partial charge in [-0.25, -0.2) is 19.9 Å². The van der Waals surface area contributed by atoms with Crippen molar-refractivity contribution in [2.24, 2.45) is 14.1 Å². The van der Waals surface area contributed by atoms with Gasteiger partial charge in [-0.3, -0.25) is 19.0 Å². The lowest BCUT2D eigenvalue weighted by Crippen LogP contribution is -2.52. The molecule has 8 aromatic rings. The summed E-state index contributed by atoms with van der Waals surface area (Å²) in [6.07, 6.45) is 11.3. The molecule has 5 fully saturated rings. The van der Waals surface area contributed by atoms with Gasteiger partial charge < -0.3 is 58.4 Å². The number of piperidine rings is 2. The molecule has 13 heterocycles. The number of pyridine rings is 4. The number of aromatic nitrogens is 10. The molecule has 0 bridgehead atoms. The van der Waals surface area contributed by atoms with Gasteiger partial charge in [-0.2, -0.15) is 20.2 Å². The summed E-state index contributed by atoms with van der Waals surface area (Å²) in [4.78, 5) is 63.8. The number of carbonyl (C=O) groups is 2. The first-order valence-corrected chi connectivity index (χ1v) is 26.1. The Morgan fingerprint density at radius 3 is 1.40 bits per heavy atom. The monoisotopic (exact) mass is 1050 g/mol.